The first-order valence-electron chi connectivity index (χ1n) is 10.6. The zero-order chi connectivity index (χ0) is 17.6. The average Bonchev–Trinajstić information content (AvgIpc) is 2.67. The van der Waals surface area contributed by atoms with Crippen LogP contribution in [0.2, 0.25) is 0 Å². The van der Waals surface area contributed by atoms with E-state index in [-0.39, 0.29) is 0 Å². The summed E-state index contributed by atoms with van der Waals surface area (Å²) in [5.41, 5.74) is 2.73. The molecule has 4 rings (SSSR count). The van der Waals surface area contributed by atoms with Crippen LogP contribution in [0.15, 0.2) is 36.4 Å². The van der Waals surface area contributed by atoms with Gasteiger partial charge in [-0.2, -0.15) is 0 Å². The summed E-state index contributed by atoms with van der Waals surface area (Å²) < 4.78 is 5.81. The van der Waals surface area contributed by atoms with Gasteiger partial charge in [-0.05, 0) is 79.9 Å². The monoisotopic (exact) mass is 340 g/mol. The summed E-state index contributed by atoms with van der Waals surface area (Å²) in [5, 5.41) is 0. The van der Waals surface area contributed by atoms with E-state index in [1.807, 2.05) is 0 Å². The van der Waals surface area contributed by atoms with Gasteiger partial charge in [0, 0.05) is 0 Å². The largest absolute Gasteiger partial charge is 0.490 e. The van der Waals surface area contributed by atoms with Gasteiger partial charge in [-0.25, -0.2) is 0 Å². The molecule has 0 amide bonds. The van der Waals surface area contributed by atoms with Gasteiger partial charge in [-0.3, -0.25) is 0 Å². The number of rotatable bonds is 9. The second-order valence-electron chi connectivity index (χ2n) is 8.45. The van der Waals surface area contributed by atoms with E-state index in [0.717, 1.165) is 12.2 Å². The summed E-state index contributed by atoms with van der Waals surface area (Å²) in [6, 6.07) is 9.05. The predicted molar refractivity (Wildman–Crippen MR) is 107 cm³/mol. The number of hydrogen-bond acceptors (Lipinski definition) is 1. The fourth-order valence-electron chi connectivity index (χ4n) is 5.11. The maximum absolute atomic E-state index is 5.81. The molecule has 1 aromatic rings. The van der Waals surface area contributed by atoms with Crippen LogP contribution in [0, 0.1) is 5.41 Å². The van der Waals surface area contributed by atoms with Crippen LogP contribution >= 0.6 is 0 Å². The fraction of sp³-hybridized carbons (Fsp3) is 0.667. The highest BCUT2D eigenvalue weighted by Gasteiger charge is 2.48. The zero-order valence-electron chi connectivity index (χ0n) is 16.4. The van der Waals surface area contributed by atoms with Gasteiger partial charge in [0.15, 0.2) is 0 Å². The maximum Gasteiger partial charge on any atom is 0.119 e. The van der Waals surface area contributed by atoms with Crippen molar-refractivity contribution in [2.45, 2.75) is 89.9 Å². The minimum Gasteiger partial charge on any atom is -0.490 e. The van der Waals surface area contributed by atoms with E-state index in [4.69, 9.17) is 4.74 Å². The number of fused-ring (bicyclic) bond motifs is 3. The standard InChI is InChI=1S/C24H36O/c1-3-5-7-13-23-14-17-24(18-15-23,19-16-23)21-9-11-22(12-10-21)25-20-8-6-4-2/h6,8-12H,3-5,7,13-20H2,1-2H3/b8-6+. The lowest BCUT2D eigenvalue weighted by molar-refractivity contribution is 0.0305. The molecule has 3 aliphatic rings. The molecule has 0 aromatic heterocycles. The molecular weight excluding hydrogens is 304 g/mol. The number of allylic oxidation sites excluding steroid dienone is 1. The van der Waals surface area contributed by atoms with E-state index in [2.05, 4.69) is 50.3 Å². The Hall–Kier alpha value is -1.24. The lowest BCUT2D eigenvalue weighted by atomic mass is 9.51. The van der Waals surface area contributed by atoms with Crippen LogP contribution in [0.3, 0.4) is 0 Å². The summed E-state index contributed by atoms with van der Waals surface area (Å²) in [7, 11) is 0. The Morgan fingerprint density at radius 3 is 2.16 bits per heavy atom. The summed E-state index contributed by atoms with van der Waals surface area (Å²) in [6.45, 7) is 5.15. The molecule has 1 heteroatoms. The molecule has 0 N–H and O–H groups in total. The Balaban J connectivity index is 1.57. The van der Waals surface area contributed by atoms with Crippen LogP contribution in [-0.4, -0.2) is 6.61 Å². The van der Waals surface area contributed by atoms with E-state index in [9.17, 15) is 0 Å². The van der Waals surface area contributed by atoms with Crippen molar-refractivity contribution in [3.63, 3.8) is 0 Å². The molecule has 0 unspecified atom stereocenters. The van der Waals surface area contributed by atoms with Crippen LogP contribution in [0.4, 0.5) is 0 Å². The second kappa shape index (κ2) is 8.43. The molecule has 0 heterocycles. The number of benzene rings is 1. The molecule has 0 saturated heterocycles. The third-order valence-corrected chi connectivity index (χ3v) is 6.93. The number of ether oxygens (including phenoxy) is 1. The molecule has 3 fully saturated rings. The Bertz CT molecular complexity index is 529. The lowest BCUT2D eigenvalue weighted by Gasteiger charge is -2.54. The highest BCUT2D eigenvalue weighted by molar-refractivity contribution is 5.34. The molecule has 1 aromatic carbocycles. The van der Waals surface area contributed by atoms with Crippen molar-refractivity contribution in [2.24, 2.45) is 5.41 Å². The third kappa shape index (κ3) is 4.30. The Morgan fingerprint density at radius 1 is 0.880 bits per heavy atom. The van der Waals surface area contributed by atoms with Crippen molar-refractivity contribution in [1.29, 1.82) is 0 Å². The molecule has 0 spiro atoms. The van der Waals surface area contributed by atoms with E-state index < -0.39 is 0 Å². The maximum atomic E-state index is 5.81. The van der Waals surface area contributed by atoms with Gasteiger partial charge in [-0.15, -0.1) is 0 Å². The molecular formula is C24H36O. The van der Waals surface area contributed by atoms with Crippen LogP contribution in [0.1, 0.15) is 90.0 Å². The van der Waals surface area contributed by atoms with Crippen LogP contribution in [0.25, 0.3) is 0 Å². The first kappa shape index (κ1) is 18.5. The van der Waals surface area contributed by atoms with Crippen molar-refractivity contribution in [3.05, 3.63) is 42.0 Å². The Kier molecular flexibility index (Phi) is 6.25. The fourth-order valence-corrected chi connectivity index (χ4v) is 5.11. The molecule has 3 aliphatic carbocycles. The van der Waals surface area contributed by atoms with E-state index in [1.165, 1.54) is 64.2 Å². The van der Waals surface area contributed by atoms with Gasteiger partial charge in [0.1, 0.15) is 12.4 Å². The molecule has 0 atom stereocenters. The van der Waals surface area contributed by atoms with Gasteiger partial charge in [0.2, 0.25) is 0 Å². The van der Waals surface area contributed by atoms with E-state index >= 15 is 0 Å². The molecule has 2 bridgehead atoms. The van der Waals surface area contributed by atoms with E-state index in [1.54, 1.807) is 5.56 Å². The molecule has 25 heavy (non-hydrogen) atoms. The SMILES string of the molecule is CC/C=C/COc1ccc(C23CCC(CCCCC)(CC2)CC3)cc1. The van der Waals surface area contributed by atoms with Gasteiger partial charge in [0.05, 0.1) is 0 Å². The van der Waals surface area contributed by atoms with Gasteiger partial charge in [-0.1, -0.05) is 57.4 Å². The van der Waals surface area contributed by atoms with Gasteiger partial charge >= 0.3 is 0 Å². The van der Waals surface area contributed by atoms with Crippen molar-refractivity contribution >= 4 is 0 Å². The van der Waals surface area contributed by atoms with Crippen LogP contribution < -0.4 is 4.74 Å². The van der Waals surface area contributed by atoms with Gasteiger partial charge in [0.25, 0.3) is 0 Å². The third-order valence-electron chi connectivity index (χ3n) is 6.93. The van der Waals surface area contributed by atoms with Gasteiger partial charge < -0.3 is 4.74 Å². The minimum atomic E-state index is 0.465. The summed E-state index contributed by atoms with van der Waals surface area (Å²) in [4.78, 5) is 0. The first-order valence-corrected chi connectivity index (χ1v) is 10.6. The number of hydrogen-bond donors (Lipinski definition) is 0. The van der Waals surface area contributed by atoms with E-state index in [0.29, 0.717) is 17.4 Å². The lowest BCUT2D eigenvalue weighted by Crippen LogP contribution is -2.44. The highest BCUT2D eigenvalue weighted by Crippen LogP contribution is 2.59. The smallest absolute Gasteiger partial charge is 0.119 e. The average molecular weight is 341 g/mol. The highest BCUT2D eigenvalue weighted by atomic mass is 16.5. The molecule has 3 saturated carbocycles. The molecule has 0 aliphatic heterocycles. The zero-order valence-corrected chi connectivity index (χ0v) is 16.4. The molecule has 138 valence electrons. The molecule has 1 nitrogen and oxygen atoms in total. The summed E-state index contributed by atoms with van der Waals surface area (Å²) in [5.74, 6) is 1.00. The topological polar surface area (TPSA) is 9.23 Å². The van der Waals surface area contributed by atoms with Crippen molar-refractivity contribution in [3.8, 4) is 5.75 Å². The van der Waals surface area contributed by atoms with Crippen LogP contribution in [0.5, 0.6) is 5.75 Å². The van der Waals surface area contributed by atoms with Crippen molar-refractivity contribution in [1.82, 2.24) is 0 Å². The Labute approximate surface area is 154 Å². The van der Waals surface area contributed by atoms with Crippen molar-refractivity contribution in [2.75, 3.05) is 6.61 Å². The van der Waals surface area contributed by atoms with Crippen LogP contribution in [-0.2, 0) is 5.41 Å². The Morgan fingerprint density at radius 2 is 1.56 bits per heavy atom. The number of unbranched alkanes of at least 4 members (excludes halogenated alkanes) is 2. The second-order valence-corrected chi connectivity index (χ2v) is 8.45. The predicted octanol–water partition coefficient (Wildman–Crippen LogP) is 7.20. The molecule has 0 radical (unpaired) electrons. The normalized spacial score (nSPS) is 28.6. The summed E-state index contributed by atoms with van der Waals surface area (Å²) in [6.07, 6.45) is 19.6. The minimum absolute atomic E-state index is 0.465. The quantitative estimate of drug-likeness (QED) is 0.341. The summed E-state index contributed by atoms with van der Waals surface area (Å²) >= 11 is 0. The first-order chi connectivity index (χ1) is 12.2. The van der Waals surface area contributed by atoms with Crippen molar-refractivity contribution < 1.29 is 4.74 Å².